The first-order chi connectivity index (χ1) is 12.1. The maximum Gasteiger partial charge on any atom is 0.248 e. The molecule has 0 saturated heterocycles. The summed E-state index contributed by atoms with van der Waals surface area (Å²) in [5.41, 5.74) is 10.4. The number of nitrogens with two attached hydrogens (primary N) is 1. The van der Waals surface area contributed by atoms with Crippen molar-refractivity contribution < 1.29 is 4.79 Å². The van der Waals surface area contributed by atoms with E-state index in [9.17, 15) is 4.79 Å². The topological polar surface area (TPSA) is 43.1 Å². The number of carbonyl (C=O) groups is 1. The van der Waals surface area contributed by atoms with Crippen molar-refractivity contribution in [3.8, 4) is 0 Å². The Morgan fingerprint density at radius 2 is 1.24 bits per heavy atom. The maximum atomic E-state index is 11.9. The van der Waals surface area contributed by atoms with E-state index in [1.54, 1.807) is 0 Å². The van der Waals surface area contributed by atoms with E-state index < -0.39 is 0 Å². The van der Waals surface area contributed by atoms with E-state index in [0.717, 1.165) is 24.8 Å². The summed E-state index contributed by atoms with van der Waals surface area (Å²) in [7, 11) is 0. The minimum Gasteiger partial charge on any atom is -0.366 e. The molecule has 0 aromatic heterocycles. The maximum absolute atomic E-state index is 11.9. The van der Waals surface area contributed by atoms with Gasteiger partial charge in [0.15, 0.2) is 0 Å². The normalized spacial score (nSPS) is 11.0. The van der Waals surface area contributed by atoms with Gasteiger partial charge in [-0.2, -0.15) is 0 Å². The third kappa shape index (κ3) is 8.07. The Hall–Kier alpha value is -1.31. The van der Waals surface area contributed by atoms with Gasteiger partial charge in [0.05, 0.1) is 0 Å². The molecular weight excluding hydrogens is 306 g/mol. The SMILES string of the molecule is CCCCCCCCc1c(C(N)=O)ccc(C)c1CCCCCCC. The summed E-state index contributed by atoms with van der Waals surface area (Å²) < 4.78 is 0. The lowest BCUT2D eigenvalue weighted by atomic mass is 9.89. The second-order valence-corrected chi connectivity index (χ2v) is 7.43. The Labute approximate surface area is 155 Å². The van der Waals surface area contributed by atoms with Crippen molar-refractivity contribution in [1.29, 1.82) is 0 Å². The van der Waals surface area contributed by atoms with E-state index >= 15 is 0 Å². The number of aryl methyl sites for hydroxylation is 1. The molecule has 1 rings (SSSR count). The molecule has 142 valence electrons. The smallest absolute Gasteiger partial charge is 0.248 e. The molecule has 0 heterocycles. The lowest BCUT2D eigenvalue weighted by molar-refractivity contribution is 0.0999. The number of hydrogen-bond acceptors (Lipinski definition) is 1. The molecule has 0 aliphatic heterocycles. The van der Waals surface area contributed by atoms with Crippen molar-refractivity contribution in [3.63, 3.8) is 0 Å². The molecule has 1 amide bonds. The molecule has 0 radical (unpaired) electrons. The van der Waals surface area contributed by atoms with E-state index in [2.05, 4.69) is 26.8 Å². The number of unbranched alkanes of at least 4 members (excludes halogenated alkanes) is 9. The molecular formula is C23H39NO. The minimum atomic E-state index is -0.270. The van der Waals surface area contributed by atoms with Gasteiger partial charge in [0.2, 0.25) is 5.91 Å². The summed E-state index contributed by atoms with van der Waals surface area (Å²) >= 11 is 0. The Kier molecular flexibility index (Phi) is 11.3. The van der Waals surface area contributed by atoms with Crippen molar-refractivity contribution in [3.05, 3.63) is 34.4 Å². The third-order valence-electron chi connectivity index (χ3n) is 5.24. The fraction of sp³-hybridized carbons (Fsp3) is 0.696. The first-order valence-electron chi connectivity index (χ1n) is 10.5. The summed E-state index contributed by atoms with van der Waals surface area (Å²) in [6.45, 7) is 6.68. The summed E-state index contributed by atoms with van der Waals surface area (Å²) in [4.78, 5) is 11.9. The molecule has 0 unspecified atom stereocenters. The highest BCUT2D eigenvalue weighted by atomic mass is 16.1. The van der Waals surface area contributed by atoms with Crippen molar-refractivity contribution in [2.75, 3.05) is 0 Å². The number of benzene rings is 1. The van der Waals surface area contributed by atoms with E-state index in [1.807, 2.05) is 6.07 Å². The molecule has 0 bridgehead atoms. The van der Waals surface area contributed by atoms with Gasteiger partial charge >= 0.3 is 0 Å². The minimum absolute atomic E-state index is 0.270. The summed E-state index contributed by atoms with van der Waals surface area (Å²) in [5.74, 6) is -0.270. The second kappa shape index (κ2) is 13.0. The summed E-state index contributed by atoms with van der Waals surface area (Å²) in [6.07, 6.45) is 16.2. The molecule has 1 aromatic rings. The predicted molar refractivity (Wildman–Crippen MR) is 109 cm³/mol. The second-order valence-electron chi connectivity index (χ2n) is 7.43. The van der Waals surface area contributed by atoms with Crippen LogP contribution in [-0.4, -0.2) is 5.91 Å². The Bertz CT molecular complexity index is 507. The number of carbonyl (C=O) groups excluding carboxylic acids is 1. The molecule has 1 aromatic carbocycles. The molecule has 2 nitrogen and oxygen atoms in total. The Balaban J connectivity index is 2.72. The highest BCUT2D eigenvalue weighted by Gasteiger charge is 2.14. The first kappa shape index (κ1) is 21.7. The average Bonchev–Trinajstić information content (AvgIpc) is 2.59. The van der Waals surface area contributed by atoms with Crippen LogP contribution in [0.1, 0.15) is 112 Å². The van der Waals surface area contributed by atoms with Gasteiger partial charge in [0, 0.05) is 5.56 Å². The largest absolute Gasteiger partial charge is 0.366 e. The van der Waals surface area contributed by atoms with Crippen LogP contribution in [0.3, 0.4) is 0 Å². The van der Waals surface area contributed by atoms with Gasteiger partial charge in [0.25, 0.3) is 0 Å². The number of hydrogen-bond donors (Lipinski definition) is 1. The van der Waals surface area contributed by atoms with E-state index in [4.69, 9.17) is 5.73 Å². The number of primary amides is 1. The van der Waals surface area contributed by atoms with Crippen LogP contribution in [0.2, 0.25) is 0 Å². The van der Waals surface area contributed by atoms with Crippen LogP contribution in [0.5, 0.6) is 0 Å². The van der Waals surface area contributed by atoms with E-state index in [0.29, 0.717) is 0 Å². The number of amides is 1. The van der Waals surface area contributed by atoms with Crippen LogP contribution in [0.25, 0.3) is 0 Å². The van der Waals surface area contributed by atoms with E-state index in [1.165, 1.54) is 80.9 Å². The van der Waals surface area contributed by atoms with Gasteiger partial charge in [-0.05, 0) is 55.4 Å². The van der Waals surface area contributed by atoms with Crippen molar-refractivity contribution in [2.45, 2.75) is 104 Å². The van der Waals surface area contributed by atoms with Gasteiger partial charge in [-0.15, -0.1) is 0 Å². The highest BCUT2D eigenvalue weighted by molar-refractivity contribution is 5.94. The zero-order chi connectivity index (χ0) is 18.5. The molecule has 0 aliphatic rings. The third-order valence-corrected chi connectivity index (χ3v) is 5.24. The van der Waals surface area contributed by atoms with Crippen LogP contribution in [0, 0.1) is 6.92 Å². The van der Waals surface area contributed by atoms with Crippen molar-refractivity contribution in [1.82, 2.24) is 0 Å². The summed E-state index contributed by atoms with van der Waals surface area (Å²) in [5, 5.41) is 0. The van der Waals surface area contributed by atoms with Gasteiger partial charge in [-0.3, -0.25) is 4.79 Å². The summed E-state index contributed by atoms with van der Waals surface area (Å²) in [6, 6.07) is 4.01. The molecule has 0 spiro atoms. The molecule has 0 atom stereocenters. The van der Waals surface area contributed by atoms with E-state index in [-0.39, 0.29) is 5.91 Å². The van der Waals surface area contributed by atoms with Crippen LogP contribution in [0.15, 0.2) is 12.1 Å². The van der Waals surface area contributed by atoms with Gasteiger partial charge < -0.3 is 5.73 Å². The zero-order valence-electron chi connectivity index (χ0n) is 16.8. The monoisotopic (exact) mass is 345 g/mol. The Morgan fingerprint density at radius 3 is 1.76 bits per heavy atom. The van der Waals surface area contributed by atoms with Crippen LogP contribution >= 0.6 is 0 Å². The van der Waals surface area contributed by atoms with Crippen LogP contribution < -0.4 is 5.73 Å². The molecule has 0 aliphatic carbocycles. The molecule has 25 heavy (non-hydrogen) atoms. The molecule has 2 N–H and O–H groups in total. The Morgan fingerprint density at radius 1 is 0.760 bits per heavy atom. The zero-order valence-corrected chi connectivity index (χ0v) is 16.8. The van der Waals surface area contributed by atoms with Gasteiger partial charge in [-0.1, -0.05) is 77.7 Å². The molecule has 0 saturated carbocycles. The molecule has 2 heteroatoms. The fourth-order valence-corrected chi connectivity index (χ4v) is 3.66. The first-order valence-corrected chi connectivity index (χ1v) is 10.5. The fourth-order valence-electron chi connectivity index (χ4n) is 3.66. The van der Waals surface area contributed by atoms with Gasteiger partial charge in [-0.25, -0.2) is 0 Å². The standard InChI is InChI=1S/C23H39NO/c1-4-6-8-10-12-14-16-21-20(15-13-11-9-7-5-2)19(3)17-18-22(21)23(24)25/h17-18H,4-16H2,1-3H3,(H2,24,25). The predicted octanol–water partition coefficient (Wildman–Crippen LogP) is 6.51. The lowest BCUT2D eigenvalue weighted by Crippen LogP contribution is -2.16. The lowest BCUT2D eigenvalue weighted by Gasteiger charge is -2.16. The molecule has 0 fully saturated rings. The van der Waals surface area contributed by atoms with Crippen molar-refractivity contribution in [2.24, 2.45) is 5.73 Å². The highest BCUT2D eigenvalue weighted by Crippen LogP contribution is 2.24. The average molecular weight is 346 g/mol. The van der Waals surface area contributed by atoms with Crippen LogP contribution in [0.4, 0.5) is 0 Å². The van der Waals surface area contributed by atoms with Gasteiger partial charge in [0.1, 0.15) is 0 Å². The number of rotatable bonds is 14. The van der Waals surface area contributed by atoms with Crippen LogP contribution in [-0.2, 0) is 12.8 Å². The quantitative estimate of drug-likeness (QED) is 0.384. The van der Waals surface area contributed by atoms with Crippen molar-refractivity contribution >= 4 is 5.91 Å².